The largest absolute Gasteiger partial charge is 0.481 e. The van der Waals surface area contributed by atoms with E-state index in [1.165, 1.54) is 11.9 Å². The molecule has 1 aromatic carbocycles. The molecule has 0 unspecified atom stereocenters. The Morgan fingerprint density at radius 2 is 2.06 bits per heavy atom. The Bertz CT molecular complexity index is 463. The van der Waals surface area contributed by atoms with Crippen molar-refractivity contribution in [3.8, 4) is 6.07 Å². The molecule has 5 nitrogen and oxygen atoms in total. The van der Waals surface area contributed by atoms with Crippen LogP contribution in [0.25, 0.3) is 0 Å². The van der Waals surface area contributed by atoms with Gasteiger partial charge in [-0.3, -0.25) is 9.59 Å². The fourth-order valence-corrected chi connectivity index (χ4v) is 1.24. The summed E-state index contributed by atoms with van der Waals surface area (Å²) in [5, 5.41) is 17.3. The second-order valence-electron chi connectivity index (χ2n) is 3.15. The van der Waals surface area contributed by atoms with E-state index in [9.17, 15) is 9.59 Å². The van der Waals surface area contributed by atoms with Crippen molar-refractivity contribution >= 4 is 17.6 Å². The molecule has 1 amide bonds. The number of para-hydroxylation sites is 1. The Kier molecular flexibility index (Phi) is 3.62. The minimum atomic E-state index is -1.19. The zero-order valence-electron chi connectivity index (χ0n) is 8.67. The average Bonchev–Trinajstić information content (AvgIpc) is 2.27. The van der Waals surface area contributed by atoms with Gasteiger partial charge in [0.2, 0.25) is 5.91 Å². The van der Waals surface area contributed by atoms with E-state index in [0.717, 1.165) is 0 Å². The summed E-state index contributed by atoms with van der Waals surface area (Å²) in [6, 6.07) is 8.47. The van der Waals surface area contributed by atoms with Crippen LogP contribution in [0.15, 0.2) is 24.3 Å². The number of benzene rings is 1. The lowest BCUT2D eigenvalue weighted by Gasteiger charge is -2.17. The molecule has 0 bridgehead atoms. The predicted molar refractivity (Wildman–Crippen MR) is 56.8 cm³/mol. The van der Waals surface area contributed by atoms with Crippen LogP contribution in [0.5, 0.6) is 0 Å². The summed E-state index contributed by atoms with van der Waals surface area (Å²) in [4.78, 5) is 23.0. The normalized spacial score (nSPS) is 9.25. The van der Waals surface area contributed by atoms with Gasteiger partial charge >= 0.3 is 5.97 Å². The molecule has 82 valence electrons. The Hall–Kier alpha value is -2.35. The van der Waals surface area contributed by atoms with Crippen molar-refractivity contribution in [1.82, 2.24) is 0 Å². The van der Waals surface area contributed by atoms with Gasteiger partial charge in [-0.25, -0.2) is 0 Å². The van der Waals surface area contributed by atoms with E-state index >= 15 is 0 Å². The molecule has 0 radical (unpaired) electrons. The monoisotopic (exact) mass is 218 g/mol. The first-order valence-corrected chi connectivity index (χ1v) is 4.53. The third-order valence-electron chi connectivity index (χ3n) is 2.06. The molecule has 0 aliphatic rings. The minimum absolute atomic E-state index is 0.337. The highest BCUT2D eigenvalue weighted by Gasteiger charge is 2.16. The van der Waals surface area contributed by atoms with Crippen molar-refractivity contribution in [2.24, 2.45) is 0 Å². The van der Waals surface area contributed by atoms with E-state index in [4.69, 9.17) is 10.4 Å². The van der Waals surface area contributed by atoms with Crippen molar-refractivity contribution in [3.63, 3.8) is 0 Å². The molecule has 0 aliphatic carbocycles. The number of aliphatic carboxylic acids is 1. The number of amides is 1. The standard InChI is InChI=1S/C11H10N2O3/c1-13(10(14)6-11(15)16)9-5-3-2-4-8(9)7-12/h2-5H,6H2,1H3,(H,15,16). The molecule has 0 spiro atoms. The fourth-order valence-electron chi connectivity index (χ4n) is 1.24. The van der Waals surface area contributed by atoms with Crippen LogP contribution in [0.1, 0.15) is 12.0 Å². The van der Waals surface area contributed by atoms with Crippen LogP contribution in [0.2, 0.25) is 0 Å². The highest BCUT2D eigenvalue weighted by molar-refractivity contribution is 6.03. The van der Waals surface area contributed by atoms with Crippen LogP contribution in [0, 0.1) is 11.3 Å². The van der Waals surface area contributed by atoms with Crippen LogP contribution in [0.3, 0.4) is 0 Å². The van der Waals surface area contributed by atoms with Gasteiger partial charge in [-0.1, -0.05) is 12.1 Å². The average molecular weight is 218 g/mol. The molecule has 1 N–H and O–H groups in total. The van der Waals surface area contributed by atoms with Crippen LogP contribution < -0.4 is 4.90 Å². The number of carboxylic acids is 1. The number of carbonyl (C=O) groups excluding carboxylic acids is 1. The van der Waals surface area contributed by atoms with Gasteiger partial charge in [-0.15, -0.1) is 0 Å². The number of carbonyl (C=O) groups is 2. The van der Waals surface area contributed by atoms with Gasteiger partial charge in [0.05, 0.1) is 11.3 Å². The highest BCUT2D eigenvalue weighted by atomic mass is 16.4. The lowest BCUT2D eigenvalue weighted by Crippen LogP contribution is -2.28. The van der Waals surface area contributed by atoms with E-state index in [1.54, 1.807) is 24.3 Å². The van der Waals surface area contributed by atoms with E-state index in [2.05, 4.69) is 0 Å². The van der Waals surface area contributed by atoms with E-state index in [1.807, 2.05) is 6.07 Å². The Morgan fingerprint density at radius 3 is 2.62 bits per heavy atom. The maximum Gasteiger partial charge on any atom is 0.312 e. The number of anilines is 1. The van der Waals surface area contributed by atoms with Crippen molar-refractivity contribution in [2.45, 2.75) is 6.42 Å². The molecular weight excluding hydrogens is 208 g/mol. The molecule has 1 rings (SSSR count). The first-order chi connectivity index (χ1) is 7.56. The van der Waals surface area contributed by atoms with Crippen molar-refractivity contribution in [2.75, 3.05) is 11.9 Å². The maximum atomic E-state index is 11.5. The summed E-state index contributed by atoms with van der Waals surface area (Å²) in [6.07, 6.45) is -0.587. The lowest BCUT2D eigenvalue weighted by molar-refractivity contribution is -0.140. The molecular formula is C11H10N2O3. The fraction of sp³-hybridized carbons (Fsp3) is 0.182. The Labute approximate surface area is 92.5 Å². The number of rotatable bonds is 3. The molecule has 0 heterocycles. The molecule has 5 heteroatoms. The van der Waals surface area contributed by atoms with Crippen LogP contribution in [-0.4, -0.2) is 24.0 Å². The second kappa shape index (κ2) is 4.94. The lowest BCUT2D eigenvalue weighted by atomic mass is 10.1. The second-order valence-corrected chi connectivity index (χ2v) is 3.15. The van der Waals surface area contributed by atoms with Gasteiger partial charge in [-0.2, -0.15) is 5.26 Å². The predicted octanol–water partition coefficient (Wildman–Crippen LogP) is 0.996. The summed E-state index contributed by atoms with van der Waals surface area (Å²) in [5.74, 6) is -1.75. The zero-order valence-corrected chi connectivity index (χ0v) is 8.67. The summed E-state index contributed by atoms with van der Waals surface area (Å²) in [7, 11) is 1.45. The van der Waals surface area contributed by atoms with Gasteiger partial charge in [-0.05, 0) is 12.1 Å². The Morgan fingerprint density at radius 1 is 1.44 bits per heavy atom. The minimum Gasteiger partial charge on any atom is -0.481 e. The van der Waals surface area contributed by atoms with E-state index < -0.39 is 18.3 Å². The number of carboxylic acid groups (broad SMARTS) is 1. The van der Waals surface area contributed by atoms with Crippen LogP contribution in [0.4, 0.5) is 5.69 Å². The molecule has 0 saturated carbocycles. The number of nitrogens with zero attached hydrogens (tertiary/aromatic N) is 2. The van der Waals surface area contributed by atoms with Gasteiger partial charge < -0.3 is 10.0 Å². The molecule has 0 aliphatic heterocycles. The van der Waals surface area contributed by atoms with Gasteiger partial charge in [0, 0.05) is 7.05 Å². The molecule has 0 saturated heterocycles. The summed E-state index contributed by atoms with van der Waals surface area (Å²) in [5.41, 5.74) is 0.750. The zero-order chi connectivity index (χ0) is 12.1. The Balaban J connectivity index is 2.96. The van der Waals surface area contributed by atoms with E-state index in [0.29, 0.717) is 11.3 Å². The number of hydrogen-bond donors (Lipinski definition) is 1. The highest BCUT2D eigenvalue weighted by Crippen LogP contribution is 2.18. The molecule has 0 fully saturated rings. The SMILES string of the molecule is CN(C(=O)CC(=O)O)c1ccccc1C#N. The first kappa shape index (κ1) is 11.7. The topological polar surface area (TPSA) is 81.4 Å². The van der Waals surface area contributed by atoms with Crippen molar-refractivity contribution in [3.05, 3.63) is 29.8 Å². The van der Waals surface area contributed by atoms with Gasteiger partial charge in [0.15, 0.2) is 0 Å². The van der Waals surface area contributed by atoms with Crippen LogP contribution >= 0.6 is 0 Å². The van der Waals surface area contributed by atoms with E-state index in [-0.39, 0.29) is 0 Å². The molecule has 16 heavy (non-hydrogen) atoms. The number of nitriles is 1. The van der Waals surface area contributed by atoms with Gasteiger partial charge in [0.25, 0.3) is 0 Å². The summed E-state index contributed by atoms with van der Waals surface area (Å²) in [6.45, 7) is 0. The molecule has 0 atom stereocenters. The maximum absolute atomic E-state index is 11.5. The third-order valence-corrected chi connectivity index (χ3v) is 2.06. The smallest absolute Gasteiger partial charge is 0.312 e. The third kappa shape index (κ3) is 2.58. The van der Waals surface area contributed by atoms with Gasteiger partial charge in [0.1, 0.15) is 12.5 Å². The molecule has 1 aromatic rings. The quantitative estimate of drug-likeness (QED) is 0.767. The molecule has 0 aromatic heterocycles. The van der Waals surface area contributed by atoms with Crippen molar-refractivity contribution in [1.29, 1.82) is 5.26 Å². The van der Waals surface area contributed by atoms with Crippen molar-refractivity contribution < 1.29 is 14.7 Å². The summed E-state index contributed by atoms with van der Waals surface area (Å²) >= 11 is 0. The summed E-state index contributed by atoms with van der Waals surface area (Å²) < 4.78 is 0. The number of hydrogen-bond acceptors (Lipinski definition) is 3. The van der Waals surface area contributed by atoms with Crippen LogP contribution in [-0.2, 0) is 9.59 Å². The first-order valence-electron chi connectivity index (χ1n) is 4.53.